The third-order valence-electron chi connectivity index (χ3n) is 1.79. The summed E-state index contributed by atoms with van der Waals surface area (Å²) < 4.78 is 0. The summed E-state index contributed by atoms with van der Waals surface area (Å²) in [6.07, 6.45) is 0.978. The molecule has 0 saturated carbocycles. The molecular weight excluding hydrogens is 167 g/mol. The Morgan fingerprint density at radius 1 is 1.50 bits per heavy atom. The topological polar surface area (TPSA) is 60.4 Å². The average Bonchev–Trinajstić information content (AvgIpc) is 1.98. The molecule has 0 rings (SSSR count). The molecule has 0 aromatic rings. The predicted octanol–water partition coefficient (Wildman–Crippen LogP) is -3.07. The third-order valence-corrected chi connectivity index (χ3v) is 1.79. The van der Waals surface area contributed by atoms with Crippen LogP contribution >= 0.6 is 0 Å². The van der Waals surface area contributed by atoms with Crippen LogP contribution in [0.5, 0.6) is 0 Å². The molecule has 3 nitrogen and oxygen atoms in total. The number of aliphatic hydroxyl groups excluding tert-OH is 1. The van der Waals surface area contributed by atoms with Crippen LogP contribution in [-0.4, -0.2) is 17.2 Å². The van der Waals surface area contributed by atoms with Gasteiger partial charge in [-0.05, 0) is 12.8 Å². The minimum Gasteiger partial charge on any atom is -0.550 e. The Morgan fingerprint density at radius 3 is 2.25 bits per heavy atom. The summed E-state index contributed by atoms with van der Waals surface area (Å²) in [7, 11) is 0. The second-order valence-corrected chi connectivity index (χ2v) is 2.69. The molecule has 4 heteroatoms. The van der Waals surface area contributed by atoms with Crippen LogP contribution in [0.2, 0.25) is 0 Å². The summed E-state index contributed by atoms with van der Waals surface area (Å²) in [5.41, 5.74) is 0. The quantitative estimate of drug-likeness (QED) is 0.459. The fraction of sp³-hybridized carbons (Fsp3) is 0.875. The summed E-state index contributed by atoms with van der Waals surface area (Å²) in [5.74, 6) is -1.83. The van der Waals surface area contributed by atoms with Gasteiger partial charge in [0.1, 0.15) is 0 Å². The van der Waals surface area contributed by atoms with Crippen LogP contribution in [0, 0.1) is 5.92 Å². The number of carboxylic acids is 1. The van der Waals surface area contributed by atoms with Crippen molar-refractivity contribution in [3.63, 3.8) is 0 Å². The first-order valence-corrected chi connectivity index (χ1v) is 4.02. The minimum atomic E-state index is -1.14. The Balaban J connectivity index is 0. The molecule has 0 aliphatic carbocycles. The van der Waals surface area contributed by atoms with Gasteiger partial charge in [0.2, 0.25) is 0 Å². The summed E-state index contributed by atoms with van der Waals surface area (Å²) in [6.45, 7) is 3.65. The normalized spacial score (nSPS) is 14.6. The van der Waals surface area contributed by atoms with Gasteiger partial charge in [-0.3, -0.25) is 0 Å². The largest absolute Gasteiger partial charge is 1.00 e. The number of hydrogen-bond acceptors (Lipinski definition) is 3. The van der Waals surface area contributed by atoms with Crippen LogP contribution < -0.4 is 34.7 Å². The van der Waals surface area contributed by atoms with Gasteiger partial charge in [-0.2, -0.15) is 0 Å². The van der Waals surface area contributed by atoms with Gasteiger partial charge in [-0.15, -0.1) is 0 Å². The van der Waals surface area contributed by atoms with Crippen LogP contribution in [0.3, 0.4) is 0 Å². The first kappa shape index (κ1) is 14.9. The van der Waals surface area contributed by atoms with E-state index in [1.165, 1.54) is 0 Å². The molecule has 0 aliphatic rings. The van der Waals surface area contributed by atoms with E-state index in [2.05, 4.69) is 0 Å². The molecule has 0 aromatic carbocycles. The van der Waals surface area contributed by atoms with Crippen molar-refractivity contribution >= 4 is 5.97 Å². The van der Waals surface area contributed by atoms with E-state index < -0.39 is 18.0 Å². The second-order valence-electron chi connectivity index (χ2n) is 2.69. The van der Waals surface area contributed by atoms with E-state index in [-0.39, 0.29) is 29.6 Å². The van der Waals surface area contributed by atoms with Gasteiger partial charge < -0.3 is 15.0 Å². The van der Waals surface area contributed by atoms with Crippen molar-refractivity contribution in [1.29, 1.82) is 0 Å². The smallest absolute Gasteiger partial charge is 0.550 e. The van der Waals surface area contributed by atoms with Crippen LogP contribution in [0.15, 0.2) is 0 Å². The summed E-state index contributed by atoms with van der Waals surface area (Å²) in [5, 5.41) is 19.6. The first-order valence-electron chi connectivity index (χ1n) is 4.02. The number of carboxylic acid groups (broad SMARTS) is 1. The molecule has 2 unspecified atom stereocenters. The zero-order valence-electron chi connectivity index (χ0n) is 8.04. The standard InChI is InChI=1S/C8H16O3.Na/c1-3-5-6(8(10)11)7(9)4-2;/h6-7,9H,3-5H2,1-2H3,(H,10,11);/q;+1/p-1. The molecule has 0 bridgehead atoms. The number of aliphatic hydroxyl groups is 1. The van der Waals surface area contributed by atoms with E-state index in [4.69, 9.17) is 0 Å². The number of hydrogen-bond donors (Lipinski definition) is 1. The van der Waals surface area contributed by atoms with Crippen molar-refractivity contribution in [3.05, 3.63) is 0 Å². The summed E-state index contributed by atoms with van der Waals surface area (Å²) in [4.78, 5) is 10.4. The maximum atomic E-state index is 10.4. The second kappa shape index (κ2) is 8.05. The number of carbonyl (C=O) groups is 1. The monoisotopic (exact) mass is 182 g/mol. The molecule has 0 amide bonds. The summed E-state index contributed by atoms with van der Waals surface area (Å²) in [6, 6.07) is 0. The van der Waals surface area contributed by atoms with E-state index in [1.54, 1.807) is 6.92 Å². The van der Waals surface area contributed by atoms with E-state index in [0.717, 1.165) is 6.42 Å². The molecule has 2 atom stereocenters. The zero-order chi connectivity index (χ0) is 8.85. The molecule has 0 radical (unpaired) electrons. The molecular formula is C8H15NaO3. The van der Waals surface area contributed by atoms with Gasteiger partial charge in [0.25, 0.3) is 0 Å². The molecule has 1 N–H and O–H groups in total. The van der Waals surface area contributed by atoms with E-state index in [0.29, 0.717) is 12.8 Å². The minimum absolute atomic E-state index is 0. The van der Waals surface area contributed by atoms with E-state index in [9.17, 15) is 15.0 Å². The van der Waals surface area contributed by atoms with Crippen LogP contribution in [0.25, 0.3) is 0 Å². The van der Waals surface area contributed by atoms with Crippen molar-refractivity contribution in [1.82, 2.24) is 0 Å². The van der Waals surface area contributed by atoms with Crippen molar-refractivity contribution in [2.45, 2.75) is 39.2 Å². The Bertz CT molecular complexity index is 127. The van der Waals surface area contributed by atoms with Crippen molar-refractivity contribution in [2.75, 3.05) is 0 Å². The number of carbonyl (C=O) groups excluding carboxylic acids is 1. The third kappa shape index (κ3) is 5.14. The van der Waals surface area contributed by atoms with Crippen LogP contribution in [-0.2, 0) is 4.79 Å². The Hall–Kier alpha value is 0.430. The number of rotatable bonds is 5. The fourth-order valence-corrected chi connectivity index (χ4v) is 1.06. The van der Waals surface area contributed by atoms with Crippen molar-refractivity contribution < 1.29 is 44.6 Å². The molecule has 0 aliphatic heterocycles. The van der Waals surface area contributed by atoms with Gasteiger partial charge in [0, 0.05) is 11.9 Å². The number of aliphatic carboxylic acids is 1. The molecule has 0 fully saturated rings. The maximum absolute atomic E-state index is 10.4. The fourth-order valence-electron chi connectivity index (χ4n) is 1.06. The zero-order valence-corrected chi connectivity index (χ0v) is 10.0. The SMILES string of the molecule is CCCC(C(=O)[O-])C(O)CC.[Na+]. The van der Waals surface area contributed by atoms with Gasteiger partial charge in [0.05, 0.1) is 6.10 Å². The van der Waals surface area contributed by atoms with Gasteiger partial charge in [-0.25, -0.2) is 0 Å². The molecule has 0 spiro atoms. The van der Waals surface area contributed by atoms with Gasteiger partial charge in [0.15, 0.2) is 0 Å². The molecule has 0 saturated heterocycles. The van der Waals surface area contributed by atoms with E-state index >= 15 is 0 Å². The first-order chi connectivity index (χ1) is 5.13. The van der Waals surface area contributed by atoms with Gasteiger partial charge in [-0.1, -0.05) is 20.3 Å². The Morgan fingerprint density at radius 2 is 2.00 bits per heavy atom. The Kier molecular flexibility index (Phi) is 10.0. The van der Waals surface area contributed by atoms with Crippen molar-refractivity contribution in [2.24, 2.45) is 5.92 Å². The van der Waals surface area contributed by atoms with Crippen molar-refractivity contribution in [3.8, 4) is 0 Å². The molecule has 12 heavy (non-hydrogen) atoms. The average molecular weight is 182 g/mol. The predicted molar refractivity (Wildman–Crippen MR) is 39.7 cm³/mol. The summed E-state index contributed by atoms with van der Waals surface area (Å²) >= 11 is 0. The maximum Gasteiger partial charge on any atom is 1.00 e. The molecule has 66 valence electrons. The van der Waals surface area contributed by atoms with Crippen LogP contribution in [0.4, 0.5) is 0 Å². The Labute approximate surface area is 95.5 Å². The van der Waals surface area contributed by atoms with Gasteiger partial charge >= 0.3 is 29.6 Å². The molecule has 0 aromatic heterocycles. The van der Waals surface area contributed by atoms with E-state index in [1.807, 2.05) is 6.92 Å². The molecule has 0 heterocycles. The van der Waals surface area contributed by atoms with Crippen LogP contribution in [0.1, 0.15) is 33.1 Å².